The van der Waals surface area contributed by atoms with Crippen LogP contribution >= 0.6 is 11.6 Å². The molecule has 1 aromatic heterocycles. The largest absolute Gasteiger partial charge is 0.507 e. The first-order valence-electron chi connectivity index (χ1n) is 9.87. The minimum absolute atomic E-state index is 0.0619. The molecule has 0 aliphatic heterocycles. The van der Waals surface area contributed by atoms with Crippen molar-refractivity contribution in [3.63, 3.8) is 0 Å². The Balaban J connectivity index is 1.88. The fourth-order valence-corrected chi connectivity index (χ4v) is 4.77. The number of aromatic hydroxyl groups is 1. The topological polar surface area (TPSA) is 218 Å². The molecule has 4 aromatic rings. The molecule has 1 heterocycles. The molecule has 0 saturated heterocycles. The first-order valence-corrected chi connectivity index (χ1v) is 13.1. The third kappa shape index (κ3) is 5.31. The lowest BCUT2D eigenvalue weighted by atomic mass is 10.1. The average molecular weight is 587 g/mol. The summed E-state index contributed by atoms with van der Waals surface area (Å²) >= 11 is 5.73. The lowest BCUT2D eigenvalue weighted by molar-refractivity contribution is 0.478. The summed E-state index contributed by atoms with van der Waals surface area (Å²) in [6.07, 6.45) is -1.45. The Morgan fingerprint density at radius 3 is 2.24 bits per heavy atom. The summed E-state index contributed by atoms with van der Waals surface area (Å²) in [5.41, 5.74) is 4.89. The molecule has 6 N–H and O–H groups in total. The van der Waals surface area contributed by atoms with Gasteiger partial charge >= 0.3 is 6.08 Å². The molecule has 0 bridgehead atoms. The van der Waals surface area contributed by atoms with E-state index >= 15 is 0 Å². The molecule has 0 radical (unpaired) electrons. The lowest BCUT2D eigenvalue weighted by Gasteiger charge is -2.11. The van der Waals surface area contributed by atoms with E-state index in [4.69, 9.17) is 17.3 Å². The number of azo groups is 1. The molecule has 0 unspecified atom stereocenters. The van der Waals surface area contributed by atoms with Crippen LogP contribution in [-0.4, -0.2) is 41.0 Å². The van der Waals surface area contributed by atoms with Gasteiger partial charge in [0, 0.05) is 11.1 Å². The number of nitrogen functional groups attached to an aromatic ring is 1. The number of phenolic OH excluding ortho intramolecular Hbond substituents is 1. The zero-order valence-corrected chi connectivity index (χ0v) is 20.7. The Morgan fingerprint density at radius 1 is 0.921 bits per heavy atom. The highest BCUT2D eigenvalue weighted by Gasteiger charge is 2.21. The first kappa shape index (κ1) is 27.0. The zero-order chi connectivity index (χ0) is 28.0. The van der Waals surface area contributed by atoms with Gasteiger partial charge in [-0.2, -0.15) is 35.6 Å². The molecule has 18 heteroatoms. The highest BCUT2D eigenvalue weighted by Crippen LogP contribution is 2.42. The molecule has 38 heavy (non-hydrogen) atoms. The zero-order valence-electron chi connectivity index (χ0n) is 18.3. The maximum atomic E-state index is 13.7. The number of anilines is 3. The van der Waals surface area contributed by atoms with Crippen molar-refractivity contribution in [3.8, 4) is 5.75 Å². The Hall–Kier alpha value is -4.03. The number of benzene rings is 3. The molecule has 3 aromatic carbocycles. The van der Waals surface area contributed by atoms with Crippen LogP contribution in [0.1, 0.15) is 0 Å². The predicted molar refractivity (Wildman–Crippen MR) is 131 cm³/mol. The van der Waals surface area contributed by atoms with E-state index in [1.54, 1.807) is 0 Å². The number of phenols is 1. The highest BCUT2D eigenvalue weighted by atomic mass is 35.5. The third-order valence-electron chi connectivity index (χ3n) is 4.94. The van der Waals surface area contributed by atoms with Gasteiger partial charge in [-0.3, -0.25) is 9.11 Å². The van der Waals surface area contributed by atoms with Crippen molar-refractivity contribution in [1.82, 2.24) is 9.97 Å². The molecule has 198 valence electrons. The second-order valence-electron chi connectivity index (χ2n) is 7.41. The number of halogens is 3. The molecule has 13 nitrogen and oxygen atoms in total. The molecule has 4 rings (SSSR count). The number of hydrogen-bond acceptors (Lipinski definition) is 11. The Bertz CT molecular complexity index is 1870. The number of nitrogens with zero attached hydrogens (tertiary/aromatic N) is 4. The fourth-order valence-electron chi connectivity index (χ4n) is 3.34. The molecule has 0 fully saturated rings. The van der Waals surface area contributed by atoms with Crippen molar-refractivity contribution in [3.05, 3.63) is 59.5 Å². The van der Waals surface area contributed by atoms with Gasteiger partial charge in [-0.15, -0.1) is 10.2 Å². The molecule has 0 spiro atoms. The van der Waals surface area contributed by atoms with Gasteiger partial charge in [0.25, 0.3) is 20.2 Å². The van der Waals surface area contributed by atoms with Gasteiger partial charge in [-0.1, -0.05) is 17.7 Å². The van der Waals surface area contributed by atoms with E-state index in [2.05, 4.69) is 25.5 Å². The normalized spacial score (nSPS) is 12.3. The van der Waals surface area contributed by atoms with E-state index in [0.29, 0.717) is 0 Å². The van der Waals surface area contributed by atoms with Crippen molar-refractivity contribution in [2.45, 2.75) is 9.79 Å². The van der Waals surface area contributed by atoms with E-state index in [1.165, 1.54) is 12.1 Å². The highest BCUT2D eigenvalue weighted by molar-refractivity contribution is 7.86. The SMILES string of the molecule is Nc1ccc2c(S(=O)(=O)O)ccc(O)c2c1N=Nc1cc(Nc2nc(F)nc(F)c2Cl)ccc1S(=O)(=O)O. The van der Waals surface area contributed by atoms with E-state index in [0.717, 1.165) is 30.3 Å². The van der Waals surface area contributed by atoms with Crippen LogP contribution in [0, 0.1) is 12.0 Å². The maximum Gasteiger partial charge on any atom is 0.313 e. The Kier molecular flexibility index (Phi) is 6.89. The third-order valence-corrected chi connectivity index (χ3v) is 7.09. The summed E-state index contributed by atoms with van der Waals surface area (Å²) in [6.45, 7) is 0. The maximum absolute atomic E-state index is 13.7. The summed E-state index contributed by atoms with van der Waals surface area (Å²) in [5, 5.41) is 19.3. The predicted octanol–water partition coefficient (Wildman–Crippen LogP) is 4.50. The van der Waals surface area contributed by atoms with Gasteiger partial charge in [-0.25, -0.2) is 0 Å². The van der Waals surface area contributed by atoms with E-state index < -0.39 is 64.3 Å². The van der Waals surface area contributed by atoms with Gasteiger partial charge in [-0.05, 0) is 36.4 Å². The van der Waals surface area contributed by atoms with Crippen molar-refractivity contribution in [2.24, 2.45) is 10.2 Å². The number of aromatic nitrogens is 2. The summed E-state index contributed by atoms with van der Waals surface area (Å²) < 4.78 is 93.5. The molecular formula is C20H13ClF2N6O7S2. The van der Waals surface area contributed by atoms with Gasteiger partial charge in [0.1, 0.15) is 31.9 Å². The fraction of sp³-hybridized carbons (Fsp3) is 0. The molecule has 0 aliphatic carbocycles. The summed E-state index contributed by atoms with van der Waals surface area (Å²) in [5.74, 6) is -2.38. The van der Waals surface area contributed by atoms with Gasteiger partial charge in [0.2, 0.25) is 5.95 Å². The minimum atomic E-state index is -4.88. The van der Waals surface area contributed by atoms with Crippen LogP contribution in [0.15, 0.2) is 62.5 Å². The van der Waals surface area contributed by atoms with Crippen molar-refractivity contribution in [1.29, 1.82) is 0 Å². The first-order chi connectivity index (χ1) is 17.7. The molecule has 0 amide bonds. The van der Waals surface area contributed by atoms with Gasteiger partial charge < -0.3 is 16.2 Å². The van der Waals surface area contributed by atoms with E-state index in [-0.39, 0.29) is 27.8 Å². The van der Waals surface area contributed by atoms with E-state index in [1.807, 2.05) is 0 Å². The number of rotatable bonds is 6. The van der Waals surface area contributed by atoms with Crippen molar-refractivity contribution in [2.75, 3.05) is 11.1 Å². The lowest BCUT2D eigenvalue weighted by Crippen LogP contribution is -2.03. The van der Waals surface area contributed by atoms with Gasteiger partial charge in [0.05, 0.1) is 11.1 Å². The summed E-state index contributed by atoms with van der Waals surface area (Å²) in [4.78, 5) is 4.80. The standard InChI is InChI=1S/C20H13ClF2N6O7S2/c21-16-18(22)26-20(23)27-19(16)25-8-1-5-14(38(34,35)36)11(7-8)28-29-17-10(24)3-2-9-13(37(31,32)33)6-4-12(30)15(9)17/h1-7,30H,24H2,(H,25,26,27)(H,31,32,33)(H,34,35,36). The second kappa shape index (κ2) is 9.69. The van der Waals surface area contributed by atoms with Crippen molar-refractivity contribution < 1.29 is 39.8 Å². The average Bonchev–Trinajstić information content (AvgIpc) is 2.80. The number of nitrogens with one attached hydrogen (secondary N) is 1. The number of fused-ring (bicyclic) bond motifs is 1. The number of hydrogen-bond donors (Lipinski definition) is 5. The Morgan fingerprint density at radius 2 is 1.58 bits per heavy atom. The van der Waals surface area contributed by atoms with Crippen molar-refractivity contribution >= 4 is 71.2 Å². The Labute approximate surface area is 217 Å². The van der Waals surface area contributed by atoms with E-state index in [9.17, 15) is 39.8 Å². The van der Waals surface area contributed by atoms with Crippen LogP contribution in [0.3, 0.4) is 0 Å². The minimum Gasteiger partial charge on any atom is -0.507 e. The van der Waals surface area contributed by atoms with Crippen LogP contribution < -0.4 is 11.1 Å². The summed E-state index contributed by atoms with van der Waals surface area (Å²) in [7, 11) is -9.62. The van der Waals surface area contributed by atoms with Crippen LogP contribution in [0.4, 0.5) is 37.3 Å². The molecule has 0 saturated carbocycles. The second-order valence-corrected chi connectivity index (χ2v) is 10.6. The van der Waals surface area contributed by atoms with Crippen LogP contribution in [0.2, 0.25) is 5.02 Å². The smallest absolute Gasteiger partial charge is 0.313 e. The molecule has 0 aliphatic rings. The van der Waals surface area contributed by atoms with Crippen LogP contribution in [0.5, 0.6) is 5.75 Å². The quantitative estimate of drug-likeness (QED) is 0.0696. The molecular weight excluding hydrogens is 574 g/mol. The molecule has 0 atom stereocenters. The number of nitrogens with two attached hydrogens (primary N) is 1. The van der Waals surface area contributed by atoms with Crippen LogP contribution in [-0.2, 0) is 20.2 Å². The van der Waals surface area contributed by atoms with Crippen LogP contribution in [0.25, 0.3) is 10.8 Å². The monoisotopic (exact) mass is 586 g/mol. The summed E-state index contributed by atoms with van der Waals surface area (Å²) in [6, 6.07) is 7.27. The van der Waals surface area contributed by atoms with Gasteiger partial charge in [0.15, 0.2) is 5.82 Å².